The first-order valence-electron chi connectivity index (χ1n) is 4.99. The second-order valence-electron chi connectivity index (χ2n) is 3.46. The molecule has 0 saturated carbocycles. The van der Waals surface area contributed by atoms with Crippen LogP contribution in [0.1, 0.15) is 12.0 Å². The summed E-state index contributed by atoms with van der Waals surface area (Å²) in [7, 11) is 0. The molecule has 1 aromatic rings. The van der Waals surface area contributed by atoms with E-state index in [1.807, 2.05) is 54.6 Å². The molecule has 0 radical (unpaired) electrons. The summed E-state index contributed by atoms with van der Waals surface area (Å²) in [4.78, 5) is 11.1. The minimum atomic E-state index is 0.171. The zero-order valence-electron chi connectivity index (χ0n) is 8.39. The van der Waals surface area contributed by atoms with Crippen LogP contribution in [-0.4, -0.2) is 5.78 Å². The molecular formula is C14H12O. The standard InChI is InChI=1S/C14H12O/c15-14-8-4-7-13(11-14)10-9-12-5-2-1-3-6-12/h1-7,9-11H,8H2. The van der Waals surface area contributed by atoms with Crippen LogP contribution in [0.4, 0.5) is 0 Å². The normalized spacial score (nSPS) is 15.7. The summed E-state index contributed by atoms with van der Waals surface area (Å²) in [5, 5.41) is 0. The summed E-state index contributed by atoms with van der Waals surface area (Å²) < 4.78 is 0. The highest BCUT2D eigenvalue weighted by Gasteiger charge is 2.00. The highest BCUT2D eigenvalue weighted by molar-refractivity contribution is 5.93. The van der Waals surface area contributed by atoms with E-state index in [-0.39, 0.29) is 5.78 Å². The van der Waals surface area contributed by atoms with Crippen LogP contribution in [0.15, 0.2) is 60.2 Å². The van der Waals surface area contributed by atoms with Crippen molar-refractivity contribution in [2.24, 2.45) is 0 Å². The van der Waals surface area contributed by atoms with Gasteiger partial charge in [-0.2, -0.15) is 0 Å². The summed E-state index contributed by atoms with van der Waals surface area (Å²) in [5.41, 5.74) is 2.11. The van der Waals surface area contributed by atoms with Gasteiger partial charge in [-0.1, -0.05) is 54.6 Å². The fourth-order valence-electron chi connectivity index (χ4n) is 1.46. The zero-order chi connectivity index (χ0) is 10.5. The summed E-state index contributed by atoms with van der Waals surface area (Å²) in [6, 6.07) is 10.0. The summed E-state index contributed by atoms with van der Waals surface area (Å²) >= 11 is 0. The first-order chi connectivity index (χ1) is 7.34. The third kappa shape index (κ3) is 2.78. The molecule has 1 aliphatic carbocycles. The van der Waals surface area contributed by atoms with Crippen molar-refractivity contribution < 1.29 is 4.79 Å². The van der Waals surface area contributed by atoms with Crippen LogP contribution in [-0.2, 0) is 4.79 Å². The van der Waals surface area contributed by atoms with E-state index in [4.69, 9.17) is 0 Å². The van der Waals surface area contributed by atoms with Gasteiger partial charge in [0.25, 0.3) is 0 Å². The Morgan fingerprint density at radius 1 is 1.07 bits per heavy atom. The van der Waals surface area contributed by atoms with E-state index in [1.165, 1.54) is 0 Å². The van der Waals surface area contributed by atoms with Crippen molar-refractivity contribution in [3.05, 3.63) is 65.8 Å². The van der Waals surface area contributed by atoms with Crippen molar-refractivity contribution in [1.82, 2.24) is 0 Å². The van der Waals surface area contributed by atoms with Crippen LogP contribution in [0, 0.1) is 0 Å². The van der Waals surface area contributed by atoms with E-state index < -0.39 is 0 Å². The van der Waals surface area contributed by atoms with Crippen molar-refractivity contribution in [1.29, 1.82) is 0 Å². The molecule has 0 unspecified atom stereocenters. The molecule has 0 bridgehead atoms. The Hall–Kier alpha value is -1.89. The minimum absolute atomic E-state index is 0.171. The fraction of sp³-hybridized carbons (Fsp3) is 0.0714. The van der Waals surface area contributed by atoms with Crippen molar-refractivity contribution >= 4 is 11.9 Å². The number of carbonyl (C=O) groups excluding carboxylic acids is 1. The topological polar surface area (TPSA) is 17.1 Å². The van der Waals surface area contributed by atoms with Gasteiger partial charge in [0.2, 0.25) is 0 Å². The van der Waals surface area contributed by atoms with Crippen molar-refractivity contribution in [2.75, 3.05) is 0 Å². The first kappa shape index (κ1) is 9.66. The van der Waals surface area contributed by atoms with E-state index in [9.17, 15) is 4.79 Å². The van der Waals surface area contributed by atoms with Gasteiger partial charge in [0.1, 0.15) is 0 Å². The highest BCUT2D eigenvalue weighted by atomic mass is 16.1. The maximum absolute atomic E-state index is 11.1. The lowest BCUT2D eigenvalue weighted by Crippen LogP contribution is -1.95. The van der Waals surface area contributed by atoms with E-state index in [0.29, 0.717) is 6.42 Å². The predicted molar refractivity (Wildman–Crippen MR) is 62.3 cm³/mol. The molecule has 0 spiro atoms. The zero-order valence-corrected chi connectivity index (χ0v) is 8.39. The number of allylic oxidation sites excluding steroid dienone is 5. The van der Waals surface area contributed by atoms with Gasteiger partial charge in [0.05, 0.1) is 0 Å². The molecule has 15 heavy (non-hydrogen) atoms. The largest absolute Gasteiger partial charge is 0.294 e. The summed E-state index contributed by atoms with van der Waals surface area (Å²) in [6.45, 7) is 0. The molecule has 0 fully saturated rings. The van der Waals surface area contributed by atoms with Crippen LogP contribution in [0.25, 0.3) is 6.08 Å². The van der Waals surface area contributed by atoms with E-state index in [0.717, 1.165) is 11.1 Å². The Kier molecular flexibility index (Phi) is 2.93. The van der Waals surface area contributed by atoms with Gasteiger partial charge in [-0.15, -0.1) is 0 Å². The molecule has 0 saturated heterocycles. The van der Waals surface area contributed by atoms with Gasteiger partial charge in [-0.25, -0.2) is 0 Å². The maximum Gasteiger partial charge on any atom is 0.160 e. The lowest BCUT2D eigenvalue weighted by Gasteiger charge is -2.00. The molecule has 0 amide bonds. The van der Waals surface area contributed by atoms with Crippen molar-refractivity contribution in [3.8, 4) is 0 Å². The van der Waals surface area contributed by atoms with Gasteiger partial charge in [0.15, 0.2) is 5.78 Å². The van der Waals surface area contributed by atoms with Gasteiger partial charge in [0, 0.05) is 6.42 Å². The second kappa shape index (κ2) is 4.56. The minimum Gasteiger partial charge on any atom is -0.294 e. The number of benzene rings is 1. The molecule has 1 aromatic carbocycles. The fourth-order valence-corrected chi connectivity index (χ4v) is 1.46. The van der Waals surface area contributed by atoms with E-state index in [1.54, 1.807) is 6.08 Å². The number of hydrogen-bond donors (Lipinski definition) is 0. The van der Waals surface area contributed by atoms with Crippen LogP contribution in [0.3, 0.4) is 0 Å². The lowest BCUT2D eigenvalue weighted by atomic mass is 10.0. The molecule has 1 nitrogen and oxygen atoms in total. The van der Waals surface area contributed by atoms with E-state index >= 15 is 0 Å². The molecule has 0 atom stereocenters. The van der Waals surface area contributed by atoms with Crippen LogP contribution < -0.4 is 0 Å². The molecule has 0 aromatic heterocycles. The van der Waals surface area contributed by atoms with Crippen LogP contribution in [0.5, 0.6) is 0 Å². The molecule has 0 heterocycles. The van der Waals surface area contributed by atoms with Gasteiger partial charge in [-0.3, -0.25) is 4.79 Å². The second-order valence-corrected chi connectivity index (χ2v) is 3.46. The average molecular weight is 196 g/mol. The van der Waals surface area contributed by atoms with Crippen molar-refractivity contribution in [2.45, 2.75) is 6.42 Å². The summed E-state index contributed by atoms with van der Waals surface area (Å²) in [6.07, 6.45) is 10.0. The predicted octanol–water partition coefficient (Wildman–Crippen LogP) is 3.16. The number of rotatable bonds is 2. The molecular weight excluding hydrogens is 184 g/mol. The third-order valence-electron chi connectivity index (χ3n) is 2.22. The molecule has 0 N–H and O–H groups in total. The molecule has 1 heteroatoms. The summed E-state index contributed by atoms with van der Waals surface area (Å²) in [5.74, 6) is 0.171. The van der Waals surface area contributed by atoms with Gasteiger partial charge < -0.3 is 0 Å². The average Bonchev–Trinajstić information content (AvgIpc) is 2.28. The molecule has 74 valence electrons. The highest BCUT2D eigenvalue weighted by Crippen LogP contribution is 2.10. The van der Waals surface area contributed by atoms with E-state index in [2.05, 4.69) is 0 Å². The SMILES string of the molecule is O=C1C=C(C=Cc2ccccc2)C=CC1. The molecule has 1 aliphatic rings. The lowest BCUT2D eigenvalue weighted by molar-refractivity contribution is -0.113. The maximum atomic E-state index is 11.1. The Balaban J connectivity index is 2.12. The Labute approximate surface area is 89.4 Å². The molecule has 0 aliphatic heterocycles. The van der Waals surface area contributed by atoms with Gasteiger partial charge >= 0.3 is 0 Å². The van der Waals surface area contributed by atoms with Crippen LogP contribution >= 0.6 is 0 Å². The quantitative estimate of drug-likeness (QED) is 0.710. The van der Waals surface area contributed by atoms with Crippen molar-refractivity contribution in [3.63, 3.8) is 0 Å². The third-order valence-corrected chi connectivity index (χ3v) is 2.22. The number of carbonyl (C=O) groups is 1. The monoisotopic (exact) mass is 196 g/mol. The number of ketones is 1. The van der Waals surface area contributed by atoms with Crippen LogP contribution in [0.2, 0.25) is 0 Å². The number of hydrogen-bond acceptors (Lipinski definition) is 1. The Morgan fingerprint density at radius 3 is 2.60 bits per heavy atom. The first-order valence-corrected chi connectivity index (χ1v) is 4.99. The Morgan fingerprint density at radius 2 is 1.87 bits per heavy atom. The smallest absolute Gasteiger partial charge is 0.160 e. The Bertz CT molecular complexity index is 436. The molecule has 2 rings (SSSR count). The van der Waals surface area contributed by atoms with Gasteiger partial charge in [-0.05, 0) is 17.2 Å².